The zero-order valence-electron chi connectivity index (χ0n) is 10.4. The summed E-state index contributed by atoms with van der Waals surface area (Å²) in [4.78, 5) is 15.1. The Morgan fingerprint density at radius 1 is 1.47 bits per heavy atom. The van der Waals surface area contributed by atoms with Gasteiger partial charge in [-0.1, -0.05) is 13.8 Å². The first-order chi connectivity index (χ1) is 8.00. The number of nitrogens with two attached hydrogens (primary N) is 2. The van der Waals surface area contributed by atoms with Gasteiger partial charge in [0.1, 0.15) is 5.82 Å². The number of hydrogen-bond donors (Lipinski definition) is 3. The Bertz CT molecular complexity index is 388. The molecule has 0 aliphatic rings. The van der Waals surface area contributed by atoms with Crippen molar-refractivity contribution in [3.63, 3.8) is 0 Å². The van der Waals surface area contributed by atoms with Gasteiger partial charge in [0.05, 0.1) is 0 Å². The first-order valence-electron chi connectivity index (χ1n) is 5.79. The summed E-state index contributed by atoms with van der Waals surface area (Å²) in [5.74, 6) is 0.165. The zero-order valence-corrected chi connectivity index (χ0v) is 10.4. The molecule has 0 fully saturated rings. The second-order valence-corrected chi connectivity index (χ2v) is 4.22. The van der Waals surface area contributed by atoms with Crippen LogP contribution in [0.3, 0.4) is 0 Å². The molecule has 1 heterocycles. The van der Waals surface area contributed by atoms with Gasteiger partial charge in [-0.3, -0.25) is 4.79 Å². The van der Waals surface area contributed by atoms with Crippen molar-refractivity contribution in [3.8, 4) is 0 Å². The van der Waals surface area contributed by atoms with Gasteiger partial charge in [-0.25, -0.2) is 4.98 Å². The number of rotatable bonds is 6. The van der Waals surface area contributed by atoms with Gasteiger partial charge >= 0.3 is 0 Å². The van der Waals surface area contributed by atoms with Crippen molar-refractivity contribution in [1.29, 1.82) is 0 Å². The van der Waals surface area contributed by atoms with Crippen molar-refractivity contribution in [1.82, 2.24) is 4.98 Å². The van der Waals surface area contributed by atoms with E-state index in [0.29, 0.717) is 17.9 Å². The maximum atomic E-state index is 11.0. The molecule has 1 aromatic heterocycles. The number of aromatic nitrogens is 1. The molecule has 1 aromatic rings. The number of pyridine rings is 1. The van der Waals surface area contributed by atoms with Crippen LogP contribution in [-0.2, 0) is 0 Å². The highest BCUT2D eigenvalue weighted by Gasteiger charge is 2.19. The average molecular weight is 236 g/mol. The number of nitrogens with one attached hydrogen (secondary N) is 1. The maximum Gasteiger partial charge on any atom is 0.248 e. The molecule has 0 aromatic carbocycles. The van der Waals surface area contributed by atoms with Crippen LogP contribution >= 0.6 is 0 Å². The topological polar surface area (TPSA) is 94.0 Å². The molecule has 0 unspecified atom stereocenters. The van der Waals surface area contributed by atoms with Crippen LogP contribution in [0.15, 0.2) is 18.3 Å². The number of hydrogen-bond acceptors (Lipinski definition) is 4. The molecule has 5 nitrogen and oxygen atoms in total. The standard InChI is InChI=1S/C12H20N4O/c1-3-12(14,4-2)8-16-10-7-9(11(13)17)5-6-15-10/h5-7H,3-4,8,14H2,1-2H3,(H2,13,17)(H,15,16). The number of carbonyl (C=O) groups is 1. The van der Waals surface area contributed by atoms with Crippen molar-refractivity contribution in [3.05, 3.63) is 23.9 Å². The fourth-order valence-corrected chi connectivity index (χ4v) is 1.45. The number of carbonyl (C=O) groups excluding carboxylic acids is 1. The summed E-state index contributed by atoms with van der Waals surface area (Å²) in [6, 6.07) is 3.22. The molecule has 1 amide bonds. The normalized spacial score (nSPS) is 11.2. The number of primary amides is 1. The van der Waals surface area contributed by atoms with Crippen molar-refractivity contribution in [2.45, 2.75) is 32.2 Å². The summed E-state index contributed by atoms with van der Waals surface area (Å²) in [6.45, 7) is 4.73. The predicted octanol–water partition coefficient (Wildman–Crippen LogP) is 1.11. The highest BCUT2D eigenvalue weighted by Crippen LogP contribution is 2.13. The quantitative estimate of drug-likeness (QED) is 0.689. The van der Waals surface area contributed by atoms with E-state index in [1.807, 2.05) is 0 Å². The summed E-state index contributed by atoms with van der Waals surface area (Å²) >= 11 is 0. The van der Waals surface area contributed by atoms with Crippen molar-refractivity contribution in [2.75, 3.05) is 11.9 Å². The molecule has 0 saturated heterocycles. The summed E-state index contributed by atoms with van der Waals surface area (Å²) in [7, 11) is 0. The van der Waals surface area contributed by atoms with Crippen LogP contribution in [-0.4, -0.2) is 23.0 Å². The minimum atomic E-state index is -0.458. The van der Waals surface area contributed by atoms with Crippen LogP contribution in [0.4, 0.5) is 5.82 Å². The molecule has 5 heteroatoms. The third kappa shape index (κ3) is 3.71. The Morgan fingerprint density at radius 3 is 2.65 bits per heavy atom. The van der Waals surface area contributed by atoms with E-state index in [1.54, 1.807) is 18.3 Å². The Kier molecular flexibility index (Phi) is 4.45. The Labute approximate surface area is 102 Å². The van der Waals surface area contributed by atoms with Crippen LogP contribution < -0.4 is 16.8 Å². The van der Waals surface area contributed by atoms with Crippen LogP contribution in [0.1, 0.15) is 37.0 Å². The molecule has 5 N–H and O–H groups in total. The van der Waals surface area contributed by atoms with E-state index < -0.39 is 5.91 Å². The van der Waals surface area contributed by atoms with E-state index in [9.17, 15) is 4.79 Å². The first kappa shape index (κ1) is 13.4. The zero-order chi connectivity index (χ0) is 12.9. The summed E-state index contributed by atoms with van der Waals surface area (Å²) in [5, 5.41) is 3.14. The second kappa shape index (κ2) is 5.63. The minimum Gasteiger partial charge on any atom is -0.368 e. The van der Waals surface area contributed by atoms with E-state index in [4.69, 9.17) is 11.5 Å². The smallest absolute Gasteiger partial charge is 0.248 e. The highest BCUT2D eigenvalue weighted by molar-refractivity contribution is 5.93. The Balaban J connectivity index is 2.69. The molecule has 0 aliphatic heterocycles. The molecule has 0 aliphatic carbocycles. The lowest BCUT2D eigenvalue weighted by atomic mass is 9.94. The van der Waals surface area contributed by atoms with Crippen LogP contribution in [0.2, 0.25) is 0 Å². The molecule has 0 bridgehead atoms. The summed E-state index contributed by atoms with van der Waals surface area (Å²) < 4.78 is 0. The average Bonchev–Trinajstić information content (AvgIpc) is 2.36. The molecular weight excluding hydrogens is 216 g/mol. The second-order valence-electron chi connectivity index (χ2n) is 4.22. The predicted molar refractivity (Wildman–Crippen MR) is 68.7 cm³/mol. The molecular formula is C12H20N4O. The van der Waals surface area contributed by atoms with Gasteiger partial charge in [0.25, 0.3) is 0 Å². The molecule has 0 atom stereocenters. The fourth-order valence-electron chi connectivity index (χ4n) is 1.45. The number of nitrogens with zero attached hydrogens (tertiary/aromatic N) is 1. The van der Waals surface area contributed by atoms with Crippen molar-refractivity contribution >= 4 is 11.7 Å². The molecule has 94 valence electrons. The molecule has 0 spiro atoms. The Hall–Kier alpha value is -1.62. The van der Waals surface area contributed by atoms with Crippen LogP contribution in [0.25, 0.3) is 0 Å². The number of amides is 1. The largest absolute Gasteiger partial charge is 0.368 e. The minimum absolute atomic E-state index is 0.246. The van der Waals surface area contributed by atoms with E-state index in [-0.39, 0.29) is 5.54 Å². The van der Waals surface area contributed by atoms with Crippen molar-refractivity contribution < 1.29 is 4.79 Å². The SMILES string of the molecule is CCC(N)(CC)CNc1cc(C(N)=O)ccn1. The first-order valence-corrected chi connectivity index (χ1v) is 5.79. The van der Waals surface area contributed by atoms with Crippen LogP contribution in [0, 0.1) is 0 Å². The molecule has 0 saturated carbocycles. The van der Waals surface area contributed by atoms with E-state index in [2.05, 4.69) is 24.1 Å². The highest BCUT2D eigenvalue weighted by atomic mass is 16.1. The van der Waals surface area contributed by atoms with Crippen LogP contribution in [0.5, 0.6) is 0 Å². The fraction of sp³-hybridized carbons (Fsp3) is 0.500. The molecule has 1 rings (SSSR count). The van der Waals surface area contributed by atoms with Gasteiger partial charge < -0.3 is 16.8 Å². The molecule has 0 radical (unpaired) electrons. The van der Waals surface area contributed by atoms with E-state index in [0.717, 1.165) is 12.8 Å². The number of anilines is 1. The molecule has 17 heavy (non-hydrogen) atoms. The lowest BCUT2D eigenvalue weighted by Gasteiger charge is -2.27. The lowest BCUT2D eigenvalue weighted by Crippen LogP contribution is -2.45. The van der Waals surface area contributed by atoms with E-state index in [1.165, 1.54) is 0 Å². The van der Waals surface area contributed by atoms with Gasteiger partial charge in [0.15, 0.2) is 0 Å². The third-order valence-corrected chi connectivity index (χ3v) is 3.07. The third-order valence-electron chi connectivity index (χ3n) is 3.07. The van der Waals surface area contributed by atoms with Gasteiger partial charge in [-0.15, -0.1) is 0 Å². The van der Waals surface area contributed by atoms with Gasteiger partial charge in [0.2, 0.25) is 5.91 Å². The lowest BCUT2D eigenvalue weighted by molar-refractivity contribution is 0.1000. The summed E-state index contributed by atoms with van der Waals surface area (Å²) in [6.07, 6.45) is 3.32. The van der Waals surface area contributed by atoms with Crippen molar-refractivity contribution in [2.24, 2.45) is 11.5 Å². The summed E-state index contributed by atoms with van der Waals surface area (Å²) in [5.41, 5.74) is 11.6. The monoisotopic (exact) mass is 236 g/mol. The van der Waals surface area contributed by atoms with Gasteiger partial charge in [0, 0.05) is 23.8 Å². The van der Waals surface area contributed by atoms with Gasteiger partial charge in [-0.2, -0.15) is 0 Å². The van der Waals surface area contributed by atoms with Gasteiger partial charge in [-0.05, 0) is 25.0 Å². The van der Waals surface area contributed by atoms with E-state index >= 15 is 0 Å². The Morgan fingerprint density at radius 2 is 2.12 bits per heavy atom. The maximum absolute atomic E-state index is 11.0.